The molecule has 0 radical (unpaired) electrons. The predicted octanol–water partition coefficient (Wildman–Crippen LogP) is 1.54. The van der Waals surface area contributed by atoms with E-state index in [2.05, 4.69) is 25.4 Å². The van der Waals surface area contributed by atoms with Gasteiger partial charge in [0, 0.05) is 6.26 Å². The van der Waals surface area contributed by atoms with Crippen molar-refractivity contribution in [2.24, 2.45) is 5.73 Å². The maximum Gasteiger partial charge on any atom is 0.240 e. The summed E-state index contributed by atoms with van der Waals surface area (Å²) in [7, 11) is -1.21. The van der Waals surface area contributed by atoms with Crippen molar-refractivity contribution >= 4 is 22.6 Å². The van der Waals surface area contributed by atoms with Crippen LogP contribution in [0.3, 0.4) is 0 Å². The first-order valence-corrected chi connectivity index (χ1v) is 12.0. The van der Waals surface area contributed by atoms with E-state index < -0.39 is 22.6 Å². The molecule has 1 aromatic heterocycles. The Kier molecular flexibility index (Phi) is 8.26. The molecule has 1 amide bonds. The number of para-hydroxylation sites is 1. The molecule has 0 bridgehead atoms. The second-order valence-electron chi connectivity index (χ2n) is 8.14. The van der Waals surface area contributed by atoms with Crippen LogP contribution >= 0.6 is 0 Å². The number of benzene rings is 2. The topological polar surface area (TPSA) is 137 Å². The lowest BCUT2D eigenvalue weighted by molar-refractivity contribution is -0.126. The van der Waals surface area contributed by atoms with E-state index in [0.29, 0.717) is 19.0 Å². The number of anilines is 1. The van der Waals surface area contributed by atoms with Crippen molar-refractivity contribution in [2.45, 2.75) is 38.6 Å². The van der Waals surface area contributed by atoms with Crippen molar-refractivity contribution < 1.29 is 13.7 Å². The highest BCUT2D eigenvalue weighted by Gasteiger charge is 2.27. The molecule has 3 rings (SSSR count). The fourth-order valence-electron chi connectivity index (χ4n) is 2.92. The van der Waals surface area contributed by atoms with Gasteiger partial charge in [-0.2, -0.15) is 4.80 Å². The van der Waals surface area contributed by atoms with E-state index in [9.17, 15) is 9.00 Å². The van der Waals surface area contributed by atoms with Crippen molar-refractivity contribution in [1.29, 1.82) is 0 Å². The summed E-state index contributed by atoms with van der Waals surface area (Å²) >= 11 is 0. The van der Waals surface area contributed by atoms with Crippen molar-refractivity contribution in [3.63, 3.8) is 0 Å². The SMILES string of the molecule is CS(=O)Nc1ccccc1Cn1nnc(C(COCc2ccccc2)NC(=O)C(C)(C)N)n1. The Labute approximate surface area is 195 Å². The number of rotatable bonds is 11. The minimum atomic E-state index is -1.21. The van der Waals surface area contributed by atoms with Gasteiger partial charge in [0.2, 0.25) is 5.91 Å². The molecule has 10 nitrogen and oxygen atoms in total. The minimum Gasteiger partial charge on any atom is -0.374 e. The lowest BCUT2D eigenvalue weighted by atomic mass is 10.1. The molecule has 0 saturated heterocycles. The molecule has 0 spiro atoms. The van der Waals surface area contributed by atoms with E-state index in [1.54, 1.807) is 20.1 Å². The zero-order chi connectivity index (χ0) is 23.8. The van der Waals surface area contributed by atoms with Crippen LogP contribution in [0.4, 0.5) is 5.69 Å². The van der Waals surface area contributed by atoms with Crippen LogP contribution in [0.1, 0.15) is 36.8 Å². The van der Waals surface area contributed by atoms with Crippen LogP contribution in [-0.4, -0.2) is 48.7 Å². The third-order valence-electron chi connectivity index (χ3n) is 4.65. The van der Waals surface area contributed by atoms with Crippen molar-refractivity contribution in [2.75, 3.05) is 17.6 Å². The van der Waals surface area contributed by atoms with Gasteiger partial charge in [0.15, 0.2) is 5.82 Å². The number of hydrogen-bond acceptors (Lipinski definition) is 7. The van der Waals surface area contributed by atoms with Crippen LogP contribution in [0.25, 0.3) is 0 Å². The highest BCUT2D eigenvalue weighted by atomic mass is 32.2. The number of hydrogen-bond donors (Lipinski definition) is 3. The largest absolute Gasteiger partial charge is 0.374 e. The number of tetrazole rings is 1. The van der Waals surface area contributed by atoms with Crippen LogP contribution in [0.2, 0.25) is 0 Å². The van der Waals surface area contributed by atoms with Gasteiger partial charge >= 0.3 is 0 Å². The molecule has 33 heavy (non-hydrogen) atoms. The summed E-state index contributed by atoms with van der Waals surface area (Å²) in [6.07, 6.45) is 1.56. The molecular formula is C22H29N7O3S. The van der Waals surface area contributed by atoms with Crippen LogP contribution < -0.4 is 15.8 Å². The van der Waals surface area contributed by atoms with Crippen LogP contribution in [0.5, 0.6) is 0 Å². The number of amides is 1. The van der Waals surface area contributed by atoms with E-state index >= 15 is 0 Å². The molecule has 11 heteroatoms. The standard InChI is InChI=1S/C22H29N7O3S/c1-22(2,23)21(30)24-19(15-32-14-16-9-5-4-6-10-16)20-25-28-29(26-20)13-17-11-7-8-12-18(17)27-33(3)31/h4-12,19,27H,13-15,23H2,1-3H3,(H,24,30). The first-order valence-electron chi connectivity index (χ1n) is 10.4. The molecule has 2 atom stereocenters. The van der Waals surface area contributed by atoms with Gasteiger partial charge in [0.25, 0.3) is 0 Å². The highest BCUT2D eigenvalue weighted by Crippen LogP contribution is 2.17. The quantitative estimate of drug-likeness (QED) is 0.386. The van der Waals surface area contributed by atoms with Crippen LogP contribution in [-0.2, 0) is 33.7 Å². The van der Waals surface area contributed by atoms with Crippen molar-refractivity contribution in [3.05, 3.63) is 71.5 Å². The van der Waals surface area contributed by atoms with Gasteiger partial charge in [0.05, 0.1) is 31.0 Å². The van der Waals surface area contributed by atoms with Crippen molar-refractivity contribution in [3.8, 4) is 0 Å². The number of aromatic nitrogens is 4. The van der Waals surface area contributed by atoms with Crippen LogP contribution in [0.15, 0.2) is 54.6 Å². The van der Waals surface area contributed by atoms with Crippen LogP contribution in [0, 0.1) is 0 Å². The Morgan fingerprint density at radius 1 is 1.18 bits per heavy atom. The third kappa shape index (κ3) is 7.45. The predicted molar refractivity (Wildman–Crippen MR) is 126 cm³/mol. The number of nitrogens with one attached hydrogen (secondary N) is 2. The van der Waals surface area contributed by atoms with Gasteiger partial charge in [-0.25, -0.2) is 4.21 Å². The molecular weight excluding hydrogens is 442 g/mol. The maximum atomic E-state index is 12.5. The first-order chi connectivity index (χ1) is 15.7. The molecule has 0 aliphatic rings. The lowest BCUT2D eigenvalue weighted by Crippen LogP contribution is -2.50. The fraction of sp³-hybridized carbons (Fsp3) is 0.364. The molecule has 176 valence electrons. The van der Waals surface area contributed by atoms with Gasteiger partial charge < -0.3 is 20.5 Å². The fourth-order valence-corrected chi connectivity index (χ4v) is 3.43. The molecule has 2 unspecified atom stereocenters. The minimum absolute atomic E-state index is 0.148. The monoisotopic (exact) mass is 471 g/mol. The Bertz CT molecular complexity index is 1080. The molecule has 0 aliphatic heterocycles. The van der Waals surface area contributed by atoms with E-state index in [4.69, 9.17) is 10.5 Å². The average Bonchev–Trinajstić information content (AvgIpc) is 3.22. The number of nitrogens with two attached hydrogens (primary N) is 1. The molecule has 0 aliphatic carbocycles. The van der Waals surface area contributed by atoms with E-state index in [0.717, 1.165) is 16.8 Å². The van der Waals surface area contributed by atoms with E-state index in [1.165, 1.54) is 4.80 Å². The number of carbonyl (C=O) groups excluding carboxylic acids is 1. The Morgan fingerprint density at radius 2 is 1.88 bits per heavy atom. The summed E-state index contributed by atoms with van der Waals surface area (Å²) in [6, 6.07) is 16.5. The third-order valence-corrected chi connectivity index (χ3v) is 5.16. The van der Waals surface area contributed by atoms with Gasteiger partial charge in [-0.05, 0) is 36.3 Å². The van der Waals surface area contributed by atoms with Gasteiger partial charge in [-0.1, -0.05) is 48.5 Å². The van der Waals surface area contributed by atoms with Gasteiger partial charge in [-0.15, -0.1) is 10.2 Å². The summed E-state index contributed by atoms with van der Waals surface area (Å²) < 4.78 is 20.3. The number of nitrogens with zero attached hydrogens (tertiary/aromatic N) is 4. The highest BCUT2D eigenvalue weighted by molar-refractivity contribution is 7.85. The number of carbonyl (C=O) groups is 1. The first kappa shape index (κ1) is 24.5. The summed E-state index contributed by atoms with van der Waals surface area (Å²) in [5.74, 6) is -0.0442. The molecule has 0 fully saturated rings. The van der Waals surface area contributed by atoms with Crippen molar-refractivity contribution in [1.82, 2.24) is 25.5 Å². The Hall–Kier alpha value is -3.15. The molecule has 2 aromatic carbocycles. The molecule has 4 N–H and O–H groups in total. The summed E-state index contributed by atoms with van der Waals surface area (Å²) in [5.41, 5.74) is 7.45. The normalized spacial score (nSPS) is 13.3. The molecule has 0 saturated carbocycles. The zero-order valence-corrected chi connectivity index (χ0v) is 19.7. The molecule has 1 heterocycles. The van der Waals surface area contributed by atoms with E-state index in [1.807, 2.05) is 54.6 Å². The maximum absolute atomic E-state index is 12.5. The second kappa shape index (κ2) is 11.1. The summed E-state index contributed by atoms with van der Waals surface area (Å²) in [6.45, 7) is 4.07. The van der Waals surface area contributed by atoms with Gasteiger partial charge in [0.1, 0.15) is 17.0 Å². The smallest absolute Gasteiger partial charge is 0.240 e. The summed E-state index contributed by atoms with van der Waals surface area (Å²) in [5, 5.41) is 15.5. The number of ether oxygens (including phenoxy) is 1. The average molecular weight is 472 g/mol. The Morgan fingerprint density at radius 3 is 2.58 bits per heavy atom. The Balaban J connectivity index is 1.74. The summed E-state index contributed by atoms with van der Waals surface area (Å²) in [4.78, 5) is 13.9. The molecule has 3 aromatic rings. The van der Waals surface area contributed by atoms with Gasteiger partial charge in [-0.3, -0.25) is 4.79 Å². The lowest BCUT2D eigenvalue weighted by Gasteiger charge is -2.22. The second-order valence-corrected chi connectivity index (χ2v) is 9.25. The zero-order valence-electron chi connectivity index (χ0n) is 18.9. The van der Waals surface area contributed by atoms with E-state index in [-0.39, 0.29) is 12.5 Å².